The molecule has 0 saturated carbocycles. The summed E-state index contributed by atoms with van der Waals surface area (Å²) < 4.78 is 11.7. The number of nitrogens with one attached hydrogen (secondary N) is 1. The van der Waals surface area contributed by atoms with Crippen LogP contribution in [0.3, 0.4) is 0 Å². The van der Waals surface area contributed by atoms with Crippen LogP contribution < -0.4 is 26.3 Å². The molecule has 0 radical (unpaired) electrons. The largest absolute Gasteiger partial charge is 0.497 e. The minimum Gasteiger partial charge on any atom is -0.497 e. The van der Waals surface area contributed by atoms with Gasteiger partial charge in [0.2, 0.25) is 11.8 Å². The van der Waals surface area contributed by atoms with Gasteiger partial charge < -0.3 is 36.1 Å². The van der Waals surface area contributed by atoms with Crippen LogP contribution in [0, 0.1) is 0 Å². The third-order valence-corrected chi connectivity index (χ3v) is 9.85. The highest BCUT2D eigenvalue weighted by Gasteiger charge is 2.52. The number of nitrogens with zero attached hydrogens (tertiary/aromatic N) is 5. The van der Waals surface area contributed by atoms with Gasteiger partial charge in [0, 0.05) is 19.5 Å². The fourth-order valence-electron chi connectivity index (χ4n) is 6.47. The Morgan fingerprint density at radius 1 is 1.10 bits per heavy atom. The predicted molar refractivity (Wildman–Crippen MR) is 198 cm³/mol. The lowest BCUT2D eigenvalue weighted by atomic mass is 9.99. The Morgan fingerprint density at radius 2 is 1.87 bits per heavy atom. The topological polar surface area (TPSA) is 177 Å². The third kappa shape index (κ3) is 7.55. The number of para-hydroxylation sites is 1. The number of nitrogens with two attached hydrogens (primary N) is 2. The number of carbonyl (C=O) groups is 4. The normalized spacial score (nSPS) is 17.2. The van der Waals surface area contributed by atoms with E-state index in [4.69, 9.17) is 20.9 Å². The second-order valence-electron chi connectivity index (χ2n) is 12.3. The molecule has 2 aliphatic rings. The molecule has 0 bridgehead atoms. The average Bonchev–Trinajstić information content (AvgIpc) is 3.69. The second-order valence-corrected chi connectivity index (χ2v) is 13.4. The van der Waals surface area contributed by atoms with Crippen molar-refractivity contribution in [2.45, 2.75) is 31.7 Å². The number of ketones is 1. The van der Waals surface area contributed by atoms with E-state index in [9.17, 15) is 19.2 Å². The number of hydrazine groups is 1. The van der Waals surface area contributed by atoms with Crippen molar-refractivity contribution in [2.75, 3.05) is 44.8 Å². The van der Waals surface area contributed by atoms with Crippen LogP contribution in [-0.4, -0.2) is 94.0 Å². The molecule has 5 N–H and O–H groups in total. The fourth-order valence-corrected chi connectivity index (χ4v) is 7.26. The third-order valence-electron chi connectivity index (χ3n) is 9.00. The quantitative estimate of drug-likeness (QED) is 0.0994. The summed E-state index contributed by atoms with van der Waals surface area (Å²) in [6, 6.07) is 16.8. The molecule has 2 aliphatic heterocycles. The van der Waals surface area contributed by atoms with Crippen molar-refractivity contribution in [1.82, 2.24) is 30.1 Å². The highest BCUT2D eigenvalue weighted by Crippen LogP contribution is 2.33. The zero-order valence-corrected chi connectivity index (χ0v) is 29.5. The number of aromatic nitrogens is 1. The monoisotopic (exact) mass is 724 g/mol. The average molecular weight is 725 g/mol. The zero-order chi connectivity index (χ0) is 36.9. The first-order valence-electron chi connectivity index (χ1n) is 16.6. The zero-order valence-electron chi connectivity index (χ0n) is 28.7. The summed E-state index contributed by atoms with van der Waals surface area (Å²) >= 11 is 1.36. The van der Waals surface area contributed by atoms with Crippen molar-refractivity contribution in [3.63, 3.8) is 0 Å². The molecule has 2 atom stereocenters. The number of thiazole rings is 1. The number of benzene rings is 3. The molecule has 2 fully saturated rings. The summed E-state index contributed by atoms with van der Waals surface area (Å²) in [6.45, 7) is 7.66. The Morgan fingerprint density at radius 3 is 2.58 bits per heavy atom. The number of fused-ring (bicyclic) bond motifs is 2. The summed E-state index contributed by atoms with van der Waals surface area (Å²) in [6.07, 6.45) is 2.22. The summed E-state index contributed by atoms with van der Waals surface area (Å²) in [5.74, 6) is 0.154. The number of anilines is 2. The van der Waals surface area contributed by atoms with Crippen LogP contribution in [0.2, 0.25) is 0 Å². The number of hydrogen-bond donors (Lipinski definition) is 3. The van der Waals surface area contributed by atoms with Gasteiger partial charge in [-0.05, 0) is 53.1 Å². The lowest BCUT2D eigenvalue weighted by molar-refractivity contribution is -0.157. The van der Waals surface area contributed by atoms with Crippen molar-refractivity contribution >= 4 is 56.0 Å². The molecule has 1 aromatic heterocycles. The summed E-state index contributed by atoms with van der Waals surface area (Å²) in [5, 5.41) is 6.53. The molecule has 3 heterocycles. The van der Waals surface area contributed by atoms with E-state index in [1.807, 2.05) is 42.5 Å². The first-order valence-corrected chi connectivity index (χ1v) is 17.4. The second kappa shape index (κ2) is 15.5. The van der Waals surface area contributed by atoms with Gasteiger partial charge in [-0.15, -0.1) is 6.58 Å². The smallest absolute Gasteiger partial charge is 0.332 e. The number of rotatable bonds is 14. The maximum Gasteiger partial charge on any atom is 0.332 e. The number of urea groups is 1. The minimum absolute atomic E-state index is 0.119. The molecule has 2 saturated heterocycles. The van der Waals surface area contributed by atoms with Crippen molar-refractivity contribution < 1.29 is 28.7 Å². The van der Waals surface area contributed by atoms with Crippen LogP contribution >= 0.6 is 11.3 Å². The van der Waals surface area contributed by atoms with E-state index in [0.717, 1.165) is 15.8 Å². The van der Waals surface area contributed by atoms with Gasteiger partial charge in [0.1, 0.15) is 23.7 Å². The van der Waals surface area contributed by atoms with E-state index >= 15 is 0 Å². The number of carbonyl (C=O) groups excluding carboxylic acids is 4. The Labute approximate surface area is 304 Å². The first kappa shape index (κ1) is 35.9. The van der Waals surface area contributed by atoms with Crippen molar-refractivity contribution in [1.29, 1.82) is 0 Å². The number of piperazine rings is 1. The van der Waals surface area contributed by atoms with E-state index in [0.29, 0.717) is 27.7 Å². The first-order chi connectivity index (χ1) is 25.1. The van der Waals surface area contributed by atoms with Crippen LogP contribution in [-0.2, 0) is 33.9 Å². The molecular weight excluding hydrogens is 685 g/mol. The maximum atomic E-state index is 14.4. The highest BCUT2D eigenvalue weighted by molar-refractivity contribution is 7.22. The Balaban J connectivity index is 1.29. The van der Waals surface area contributed by atoms with Gasteiger partial charge in [0.05, 0.1) is 42.6 Å². The Hall–Kier alpha value is -5.93. The number of nitrogen functional groups attached to an aromatic ring is 2. The maximum absolute atomic E-state index is 14.4. The standard InChI is InChI=1S/C37H40N8O6S/c1-4-15-43(37(49)40-18-23-9-12-27(50-3)13-10-23)44-21-33(47)45-29(17-24-11-14-30(28(38)16-24)51-22-26(46)5-2)35(48)42(20-32(44)45)19-25-7-6-8-31-34(25)41-36(39)52-31/h4-14,16,29,32H,1-2,15,17-22,38H2,3H3,(H2,39,41)(H,40,49)/t29-,32+/m0/s1. The molecule has 52 heavy (non-hydrogen) atoms. The van der Waals surface area contributed by atoms with Crippen molar-refractivity contribution in [3.8, 4) is 11.5 Å². The lowest BCUT2D eigenvalue weighted by Crippen LogP contribution is -2.66. The van der Waals surface area contributed by atoms with Gasteiger partial charge in [-0.2, -0.15) is 5.01 Å². The SMILES string of the molecule is C=CCN(C(=O)NCc1ccc(OC)cc1)N1CC(=O)N2[C@@H](Cc3ccc(OCC(=O)C=C)c(N)c3)C(=O)N(Cc3cccc4sc(N)nc34)C[C@@H]21. The molecule has 4 amide bonds. The molecule has 0 unspecified atom stereocenters. The molecule has 270 valence electrons. The van der Waals surface area contributed by atoms with Gasteiger partial charge in [0.15, 0.2) is 17.5 Å². The highest BCUT2D eigenvalue weighted by atomic mass is 32.1. The van der Waals surface area contributed by atoms with Crippen LogP contribution in [0.5, 0.6) is 11.5 Å². The summed E-state index contributed by atoms with van der Waals surface area (Å²) in [5.41, 5.74) is 15.7. The number of methoxy groups -OCH3 is 1. The van der Waals surface area contributed by atoms with Crippen LogP contribution in [0.4, 0.5) is 15.6 Å². The molecule has 15 heteroatoms. The summed E-state index contributed by atoms with van der Waals surface area (Å²) in [7, 11) is 1.58. The van der Waals surface area contributed by atoms with E-state index in [-0.39, 0.29) is 69.0 Å². The van der Waals surface area contributed by atoms with E-state index in [1.54, 1.807) is 46.2 Å². The number of hydrogen-bond acceptors (Lipinski definition) is 11. The van der Waals surface area contributed by atoms with Gasteiger partial charge in [0.25, 0.3) is 0 Å². The molecule has 14 nitrogen and oxygen atoms in total. The number of ether oxygens (including phenoxy) is 2. The molecule has 6 rings (SSSR count). The lowest BCUT2D eigenvalue weighted by Gasteiger charge is -2.46. The van der Waals surface area contributed by atoms with Gasteiger partial charge in [-0.3, -0.25) is 19.4 Å². The number of amides is 4. The van der Waals surface area contributed by atoms with E-state index < -0.39 is 18.2 Å². The van der Waals surface area contributed by atoms with Crippen LogP contribution in [0.1, 0.15) is 16.7 Å². The van der Waals surface area contributed by atoms with Crippen molar-refractivity contribution in [3.05, 3.63) is 103 Å². The van der Waals surface area contributed by atoms with E-state index in [2.05, 4.69) is 23.5 Å². The van der Waals surface area contributed by atoms with Gasteiger partial charge >= 0.3 is 6.03 Å². The molecule has 0 aliphatic carbocycles. The minimum atomic E-state index is -0.919. The predicted octanol–water partition coefficient (Wildman–Crippen LogP) is 3.34. The molecule has 0 spiro atoms. The van der Waals surface area contributed by atoms with Crippen molar-refractivity contribution in [2.24, 2.45) is 0 Å². The Bertz CT molecular complexity index is 2020. The van der Waals surface area contributed by atoms with Gasteiger partial charge in [-0.25, -0.2) is 9.78 Å². The fraction of sp³-hybridized carbons (Fsp3) is 0.270. The van der Waals surface area contributed by atoms with E-state index in [1.165, 1.54) is 22.4 Å². The Kier molecular flexibility index (Phi) is 10.7. The molecule has 3 aromatic carbocycles. The van der Waals surface area contributed by atoms with Crippen LogP contribution in [0.15, 0.2) is 86.0 Å². The summed E-state index contributed by atoms with van der Waals surface area (Å²) in [4.78, 5) is 61.5. The van der Waals surface area contributed by atoms with Crippen LogP contribution in [0.25, 0.3) is 10.2 Å². The van der Waals surface area contributed by atoms with Gasteiger partial charge in [-0.1, -0.05) is 54.3 Å². The molecular formula is C37H40N8O6S. The molecule has 4 aromatic rings.